The number of carbonyl (C=O) groups excluding carboxylic acids is 2. The van der Waals surface area contributed by atoms with Crippen molar-refractivity contribution in [3.05, 3.63) is 11.8 Å². The first-order valence-corrected chi connectivity index (χ1v) is 14.8. The number of Topliss-reactive ketones (excluding diaryl/α,β-unsaturated/α-hetero) is 1. The topological polar surface area (TPSA) is 55.4 Å². The Kier molecular flexibility index (Phi) is 5.08. The molecule has 1 amide bonds. The smallest absolute Gasteiger partial charge is 0.221 e. The number of ketones is 1. The van der Waals surface area contributed by atoms with Gasteiger partial charge in [0.15, 0.2) is 5.78 Å². The van der Waals surface area contributed by atoms with Crippen LogP contribution in [0.4, 0.5) is 0 Å². The minimum absolute atomic E-state index is 0.0906. The number of rotatable bonds is 1. The van der Waals surface area contributed by atoms with E-state index in [1.165, 1.54) is 51.9 Å². The summed E-state index contributed by atoms with van der Waals surface area (Å²) in [6.07, 6.45) is 12.7. The van der Waals surface area contributed by atoms with Crippen molar-refractivity contribution in [1.82, 2.24) is 5.32 Å². The molecule has 0 aromatic heterocycles. The fourth-order valence-corrected chi connectivity index (χ4v) is 11.8. The molecule has 4 saturated carbocycles. The molecular weight excluding hydrogens is 446 g/mol. The Morgan fingerprint density at radius 3 is 2.28 bits per heavy atom. The zero-order valence-electron chi connectivity index (χ0n) is 24.1. The average Bonchev–Trinajstić information content (AvgIpc) is 3.11. The third-order valence-electron chi connectivity index (χ3n) is 13.8. The molecule has 5 aliphatic carbocycles. The van der Waals surface area contributed by atoms with E-state index in [2.05, 4.69) is 59.9 Å². The number of fused-ring (bicyclic) bond motifs is 5. The zero-order valence-corrected chi connectivity index (χ0v) is 24.1. The first kappa shape index (κ1) is 25.1. The van der Waals surface area contributed by atoms with Gasteiger partial charge in [0.25, 0.3) is 0 Å². The first-order valence-electron chi connectivity index (χ1n) is 14.8. The van der Waals surface area contributed by atoms with Crippen molar-refractivity contribution in [2.24, 2.45) is 56.2 Å². The SMILES string of the molecule is CC(=O)NC1=C[C@]2(C)[C@H]3CC[C@@H]4[C@H]5[C@H]6OC[C@@]5(CCC6(C)C)CC[C@@]4(C)[C@]3(C)CC[C@H]2C(C)(C)C1=O. The van der Waals surface area contributed by atoms with Crippen molar-refractivity contribution in [3.8, 4) is 0 Å². The molecule has 6 rings (SSSR count). The summed E-state index contributed by atoms with van der Waals surface area (Å²) in [7, 11) is 0. The predicted molar refractivity (Wildman–Crippen MR) is 142 cm³/mol. The number of ether oxygens (including phenoxy) is 1. The zero-order chi connectivity index (χ0) is 26.1. The van der Waals surface area contributed by atoms with E-state index in [1.54, 1.807) is 0 Å². The molecule has 1 aliphatic heterocycles. The highest BCUT2D eigenvalue weighted by molar-refractivity contribution is 6.03. The van der Waals surface area contributed by atoms with Crippen LogP contribution in [0.15, 0.2) is 11.8 Å². The van der Waals surface area contributed by atoms with Gasteiger partial charge in [-0.25, -0.2) is 0 Å². The number of amides is 1. The fourth-order valence-electron chi connectivity index (χ4n) is 11.8. The summed E-state index contributed by atoms with van der Waals surface area (Å²) >= 11 is 0. The Hall–Kier alpha value is -1.16. The fraction of sp³-hybridized carbons (Fsp3) is 0.875. The molecule has 1 heterocycles. The van der Waals surface area contributed by atoms with E-state index in [-0.39, 0.29) is 33.4 Å². The molecule has 0 aromatic carbocycles. The molecule has 6 aliphatic rings. The van der Waals surface area contributed by atoms with E-state index in [9.17, 15) is 9.59 Å². The lowest BCUT2D eigenvalue weighted by Gasteiger charge is -2.72. The van der Waals surface area contributed by atoms with E-state index in [1.807, 2.05) is 0 Å². The van der Waals surface area contributed by atoms with E-state index in [0.29, 0.717) is 35.0 Å². The van der Waals surface area contributed by atoms with Gasteiger partial charge in [0.1, 0.15) is 0 Å². The molecule has 0 aromatic rings. The summed E-state index contributed by atoms with van der Waals surface area (Å²) in [5.74, 6) is 2.22. The van der Waals surface area contributed by atoms with Crippen molar-refractivity contribution in [2.75, 3.05) is 6.61 Å². The average molecular weight is 496 g/mol. The molecule has 0 unspecified atom stereocenters. The third kappa shape index (κ3) is 2.86. The van der Waals surface area contributed by atoms with Crippen LogP contribution in [0.5, 0.6) is 0 Å². The van der Waals surface area contributed by atoms with Gasteiger partial charge in [-0.05, 0) is 102 Å². The van der Waals surface area contributed by atoms with Crippen molar-refractivity contribution in [2.45, 2.75) is 113 Å². The number of hydrogen-bond donors (Lipinski definition) is 1. The van der Waals surface area contributed by atoms with Crippen LogP contribution in [0, 0.1) is 56.2 Å². The molecule has 4 nitrogen and oxygen atoms in total. The Morgan fingerprint density at radius 1 is 0.889 bits per heavy atom. The van der Waals surface area contributed by atoms with Gasteiger partial charge < -0.3 is 10.1 Å². The van der Waals surface area contributed by atoms with Gasteiger partial charge >= 0.3 is 0 Å². The van der Waals surface area contributed by atoms with Gasteiger partial charge in [0.05, 0.1) is 18.4 Å². The summed E-state index contributed by atoms with van der Waals surface area (Å²) in [5, 5.41) is 2.94. The lowest BCUT2D eigenvalue weighted by Crippen LogP contribution is -2.67. The predicted octanol–water partition coefficient (Wildman–Crippen LogP) is 6.69. The first-order chi connectivity index (χ1) is 16.6. The van der Waals surface area contributed by atoms with Crippen LogP contribution in [0.3, 0.4) is 0 Å². The number of hydrogen-bond acceptors (Lipinski definition) is 3. The molecule has 1 N–H and O–H groups in total. The summed E-state index contributed by atoms with van der Waals surface area (Å²) in [6.45, 7) is 19.4. The largest absolute Gasteiger partial charge is 0.377 e. The van der Waals surface area contributed by atoms with Crippen LogP contribution in [0.25, 0.3) is 0 Å². The van der Waals surface area contributed by atoms with Crippen molar-refractivity contribution in [1.29, 1.82) is 0 Å². The highest BCUT2D eigenvalue weighted by atomic mass is 16.5. The molecular formula is C32H49NO3. The standard InChI is InChI=1S/C32H49NO3/c1-19(34)33-21-17-29(6)22(28(4,5)25(21)35)11-12-31(8)23(29)10-9-20-24-26-27(2,3)13-15-32(24,18-36-26)16-14-30(20,31)7/h17,20,22-24,26H,9-16,18H2,1-8H3,(H,33,34)/t20-,22+,23-,24+,26-,29+,30-,31-,32-/m1/s1. The molecule has 4 heteroatoms. The molecule has 0 radical (unpaired) electrons. The normalized spacial score (nSPS) is 52.3. The van der Waals surface area contributed by atoms with E-state index >= 15 is 0 Å². The molecule has 9 atom stereocenters. The van der Waals surface area contributed by atoms with Gasteiger partial charge in [0, 0.05) is 12.3 Å². The molecule has 2 bridgehead atoms. The van der Waals surface area contributed by atoms with Crippen LogP contribution in [0.2, 0.25) is 0 Å². The second kappa shape index (κ2) is 7.27. The monoisotopic (exact) mass is 495 g/mol. The summed E-state index contributed by atoms with van der Waals surface area (Å²) in [4.78, 5) is 25.6. The van der Waals surface area contributed by atoms with Crippen molar-refractivity contribution >= 4 is 11.7 Å². The Bertz CT molecular complexity index is 1040. The minimum atomic E-state index is -0.461. The van der Waals surface area contributed by atoms with E-state index in [4.69, 9.17) is 4.74 Å². The lowest BCUT2D eigenvalue weighted by atomic mass is 9.32. The lowest BCUT2D eigenvalue weighted by molar-refractivity contribution is -0.226. The third-order valence-corrected chi connectivity index (χ3v) is 13.8. The van der Waals surface area contributed by atoms with Crippen LogP contribution in [-0.4, -0.2) is 24.4 Å². The molecule has 5 fully saturated rings. The maximum Gasteiger partial charge on any atom is 0.221 e. The van der Waals surface area contributed by atoms with Crippen molar-refractivity contribution < 1.29 is 14.3 Å². The van der Waals surface area contributed by atoms with Gasteiger partial charge in [-0.2, -0.15) is 0 Å². The second-order valence-electron chi connectivity index (χ2n) is 15.9. The van der Waals surface area contributed by atoms with Gasteiger partial charge in [-0.15, -0.1) is 0 Å². The maximum atomic E-state index is 13.5. The number of allylic oxidation sites excluding steroid dienone is 2. The van der Waals surface area contributed by atoms with E-state index in [0.717, 1.165) is 18.9 Å². The second-order valence-corrected chi connectivity index (χ2v) is 15.9. The highest BCUT2D eigenvalue weighted by Gasteiger charge is 2.72. The van der Waals surface area contributed by atoms with Crippen molar-refractivity contribution in [3.63, 3.8) is 0 Å². The quantitative estimate of drug-likeness (QED) is 0.441. The Labute approximate surface area is 218 Å². The number of nitrogens with one attached hydrogen (secondary N) is 1. The Balaban J connectivity index is 1.43. The minimum Gasteiger partial charge on any atom is -0.377 e. The van der Waals surface area contributed by atoms with Crippen LogP contribution in [0.1, 0.15) is 107 Å². The maximum absolute atomic E-state index is 13.5. The van der Waals surface area contributed by atoms with E-state index < -0.39 is 5.41 Å². The van der Waals surface area contributed by atoms with Gasteiger partial charge in [-0.3, -0.25) is 9.59 Å². The summed E-state index contributed by atoms with van der Waals surface area (Å²) in [6, 6.07) is 0. The molecule has 36 heavy (non-hydrogen) atoms. The molecule has 0 spiro atoms. The van der Waals surface area contributed by atoms with Gasteiger partial charge in [0.2, 0.25) is 5.91 Å². The van der Waals surface area contributed by atoms with Crippen LogP contribution in [-0.2, 0) is 14.3 Å². The Morgan fingerprint density at radius 2 is 1.58 bits per heavy atom. The van der Waals surface area contributed by atoms with Gasteiger partial charge in [-0.1, -0.05) is 54.5 Å². The molecule has 200 valence electrons. The van der Waals surface area contributed by atoms with Crippen LogP contribution < -0.4 is 5.32 Å². The molecule has 1 saturated heterocycles. The summed E-state index contributed by atoms with van der Waals surface area (Å²) in [5.41, 5.74) is 1.18. The number of carbonyl (C=O) groups is 2. The summed E-state index contributed by atoms with van der Waals surface area (Å²) < 4.78 is 6.70. The van der Waals surface area contributed by atoms with Crippen LogP contribution >= 0.6 is 0 Å². The highest BCUT2D eigenvalue weighted by Crippen LogP contribution is 2.77.